The number of benzene rings is 2. The summed E-state index contributed by atoms with van der Waals surface area (Å²) in [5.74, 6) is 0.962. The largest absolute Gasteiger partial charge is 0.369 e. The van der Waals surface area contributed by atoms with Gasteiger partial charge in [-0.2, -0.15) is 5.10 Å². The van der Waals surface area contributed by atoms with E-state index < -0.39 is 6.03 Å². The lowest BCUT2D eigenvalue weighted by atomic mass is 10.1. The fraction of sp³-hybridized carbons (Fsp3) is 0.281. The van der Waals surface area contributed by atoms with Crippen molar-refractivity contribution in [2.45, 2.75) is 27.3 Å². The van der Waals surface area contributed by atoms with Crippen molar-refractivity contribution in [3.05, 3.63) is 90.1 Å². The average molecular weight is 577 g/mol. The van der Waals surface area contributed by atoms with Crippen LogP contribution in [0.1, 0.15) is 24.0 Å². The van der Waals surface area contributed by atoms with Crippen molar-refractivity contribution in [2.75, 3.05) is 53.6 Å². The number of hydrogen-bond donors (Lipinski definition) is 3. The van der Waals surface area contributed by atoms with Gasteiger partial charge in [-0.15, -0.1) is 0 Å². The fourth-order valence-electron chi connectivity index (χ4n) is 5.48. The molecule has 220 valence electrons. The molecule has 3 N–H and O–H groups in total. The summed E-state index contributed by atoms with van der Waals surface area (Å²) in [6.45, 7) is 12.0. The number of urea groups is 1. The van der Waals surface area contributed by atoms with Gasteiger partial charge >= 0.3 is 6.03 Å². The third-order valence-electron chi connectivity index (χ3n) is 7.69. The van der Waals surface area contributed by atoms with Crippen LogP contribution in [0.15, 0.2) is 73.1 Å². The molecule has 4 heterocycles. The predicted octanol–water partition coefficient (Wildman–Crippen LogP) is 5.42. The summed E-state index contributed by atoms with van der Waals surface area (Å²) in [5, 5.41) is 14.7. The van der Waals surface area contributed by atoms with Gasteiger partial charge in [0.25, 0.3) is 0 Å². The number of rotatable bonds is 8. The number of aromatic nitrogens is 5. The molecular formula is C32H36N10O. The third kappa shape index (κ3) is 6.57. The van der Waals surface area contributed by atoms with Crippen LogP contribution in [0, 0.1) is 13.8 Å². The minimum atomic E-state index is -0.405. The number of piperazine rings is 1. The second-order valence-corrected chi connectivity index (χ2v) is 10.7. The van der Waals surface area contributed by atoms with Crippen LogP contribution in [0.25, 0.3) is 10.9 Å². The molecule has 43 heavy (non-hydrogen) atoms. The summed E-state index contributed by atoms with van der Waals surface area (Å²) in [4.78, 5) is 31.1. The third-order valence-corrected chi connectivity index (χ3v) is 7.69. The molecule has 0 atom stereocenters. The van der Waals surface area contributed by atoms with Crippen LogP contribution in [-0.2, 0) is 6.54 Å². The molecule has 0 saturated carbocycles. The van der Waals surface area contributed by atoms with Crippen molar-refractivity contribution in [3.63, 3.8) is 0 Å². The number of likely N-dealkylation sites (N-methyl/N-ethyl adjacent to an activating group) is 1. The standard InChI is InChI=1S/C32H36N10O/c1-4-40-15-17-41(18-16-40)26-13-11-24(12-14-26)36-29-19-30(34-21-33-29)38-32(43)37-27-9-6-10-28-31(27)23(3)39-42(28)20-25-8-5-7-22(2)35-25/h5-14,19,21H,4,15-18,20H2,1-3H3,(H3,33,34,36,37,38,43). The first-order chi connectivity index (χ1) is 20.9. The normalized spacial score (nSPS) is 13.7. The van der Waals surface area contributed by atoms with Crippen LogP contribution >= 0.6 is 0 Å². The van der Waals surface area contributed by atoms with Gasteiger partial charge in [0.2, 0.25) is 0 Å². The second kappa shape index (κ2) is 12.5. The first kappa shape index (κ1) is 28.1. The number of anilines is 5. The maximum Gasteiger partial charge on any atom is 0.324 e. The van der Waals surface area contributed by atoms with Gasteiger partial charge in [-0.25, -0.2) is 14.8 Å². The number of carbonyl (C=O) groups excluding carboxylic acids is 1. The highest BCUT2D eigenvalue weighted by atomic mass is 16.2. The molecule has 11 heteroatoms. The molecule has 0 unspecified atom stereocenters. The zero-order valence-corrected chi connectivity index (χ0v) is 24.7. The van der Waals surface area contributed by atoms with Crippen LogP contribution in [0.4, 0.5) is 33.5 Å². The summed E-state index contributed by atoms with van der Waals surface area (Å²) in [5.41, 5.74) is 6.41. The van der Waals surface area contributed by atoms with E-state index in [2.05, 4.69) is 59.8 Å². The highest BCUT2D eigenvalue weighted by Gasteiger charge is 2.17. The minimum Gasteiger partial charge on any atom is -0.369 e. The zero-order valence-electron chi connectivity index (χ0n) is 24.7. The molecule has 1 aliphatic rings. The average Bonchev–Trinajstić information content (AvgIpc) is 3.33. The maximum atomic E-state index is 13.0. The van der Waals surface area contributed by atoms with Gasteiger partial charge in [-0.3, -0.25) is 15.0 Å². The number of amides is 2. The topological polar surface area (TPSA) is 116 Å². The van der Waals surface area contributed by atoms with E-state index in [1.807, 2.05) is 67.1 Å². The molecule has 1 fully saturated rings. The number of nitrogens with zero attached hydrogens (tertiary/aromatic N) is 7. The molecule has 2 aromatic carbocycles. The van der Waals surface area contributed by atoms with E-state index in [-0.39, 0.29) is 0 Å². The number of nitrogens with one attached hydrogen (secondary N) is 3. The summed E-state index contributed by atoms with van der Waals surface area (Å²) in [6, 6.07) is 21.4. The number of aryl methyl sites for hydroxylation is 2. The Hall–Kier alpha value is -5.03. The Morgan fingerprint density at radius 3 is 2.42 bits per heavy atom. The lowest BCUT2D eigenvalue weighted by molar-refractivity contribution is 0.262. The molecule has 0 bridgehead atoms. The van der Waals surface area contributed by atoms with Crippen molar-refractivity contribution in [1.29, 1.82) is 0 Å². The van der Waals surface area contributed by atoms with E-state index >= 15 is 0 Å². The van der Waals surface area contributed by atoms with E-state index in [1.54, 1.807) is 6.07 Å². The van der Waals surface area contributed by atoms with Gasteiger partial charge in [0.05, 0.1) is 29.1 Å². The van der Waals surface area contributed by atoms with Crippen LogP contribution in [0.3, 0.4) is 0 Å². The van der Waals surface area contributed by atoms with Crippen molar-refractivity contribution in [2.24, 2.45) is 0 Å². The lowest BCUT2D eigenvalue weighted by Crippen LogP contribution is -2.46. The van der Waals surface area contributed by atoms with E-state index in [0.717, 1.165) is 66.4 Å². The molecule has 1 saturated heterocycles. The highest BCUT2D eigenvalue weighted by Crippen LogP contribution is 2.28. The van der Waals surface area contributed by atoms with E-state index in [0.29, 0.717) is 23.9 Å². The highest BCUT2D eigenvalue weighted by molar-refractivity contribution is 6.06. The molecule has 2 amide bonds. The molecular weight excluding hydrogens is 540 g/mol. The molecule has 3 aromatic heterocycles. The van der Waals surface area contributed by atoms with Gasteiger partial charge in [0, 0.05) is 54.7 Å². The van der Waals surface area contributed by atoms with Gasteiger partial charge in [-0.05, 0) is 68.9 Å². The number of carbonyl (C=O) groups is 1. The van der Waals surface area contributed by atoms with Crippen LogP contribution in [0.5, 0.6) is 0 Å². The summed E-state index contributed by atoms with van der Waals surface area (Å²) in [6.07, 6.45) is 1.42. The predicted molar refractivity (Wildman–Crippen MR) is 171 cm³/mol. The quantitative estimate of drug-likeness (QED) is 0.224. The number of pyridine rings is 1. The van der Waals surface area contributed by atoms with Gasteiger partial charge in [-0.1, -0.05) is 19.1 Å². The Kier molecular flexibility index (Phi) is 8.14. The molecule has 0 radical (unpaired) electrons. The molecule has 5 aromatic rings. The smallest absolute Gasteiger partial charge is 0.324 e. The molecule has 0 aliphatic carbocycles. The molecule has 0 spiro atoms. The first-order valence-corrected chi connectivity index (χ1v) is 14.6. The summed E-state index contributed by atoms with van der Waals surface area (Å²) < 4.78 is 1.91. The van der Waals surface area contributed by atoms with E-state index in [1.165, 1.54) is 12.0 Å². The van der Waals surface area contributed by atoms with E-state index in [4.69, 9.17) is 5.10 Å². The first-order valence-electron chi connectivity index (χ1n) is 14.6. The van der Waals surface area contributed by atoms with E-state index in [9.17, 15) is 4.79 Å². The molecule has 1 aliphatic heterocycles. The maximum absolute atomic E-state index is 13.0. The van der Waals surface area contributed by atoms with Crippen molar-refractivity contribution in [3.8, 4) is 0 Å². The van der Waals surface area contributed by atoms with Crippen LogP contribution in [0.2, 0.25) is 0 Å². The summed E-state index contributed by atoms with van der Waals surface area (Å²) in [7, 11) is 0. The minimum absolute atomic E-state index is 0.380. The second-order valence-electron chi connectivity index (χ2n) is 10.7. The monoisotopic (exact) mass is 576 g/mol. The van der Waals surface area contributed by atoms with Crippen LogP contribution < -0.4 is 20.9 Å². The van der Waals surface area contributed by atoms with Crippen molar-refractivity contribution in [1.82, 2.24) is 29.6 Å². The number of hydrogen-bond acceptors (Lipinski definition) is 8. The Morgan fingerprint density at radius 1 is 0.884 bits per heavy atom. The molecule has 6 rings (SSSR count). The Balaban J connectivity index is 1.10. The van der Waals surface area contributed by atoms with Crippen molar-refractivity contribution >= 4 is 45.6 Å². The fourth-order valence-corrected chi connectivity index (χ4v) is 5.48. The summed E-state index contributed by atoms with van der Waals surface area (Å²) >= 11 is 0. The van der Waals surface area contributed by atoms with Gasteiger partial charge < -0.3 is 20.4 Å². The Morgan fingerprint density at radius 2 is 1.65 bits per heavy atom. The van der Waals surface area contributed by atoms with Crippen LogP contribution in [-0.4, -0.2) is 68.4 Å². The number of fused-ring (bicyclic) bond motifs is 1. The zero-order chi connectivity index (χ0) is 29.8. The SMILES string of the molecule is CCN1CCN(c2ccc(Nc3cc(NC(=O)Nc4cccc5c4c(C)nn5Cc4cccc(C)n4)ncn3)cc2)CC1. The Labute approximate surface area is 251 Å². The Bertz CT molecular complexity index is 1720. The van der Waals surface area contributed by atoms with Gasteiger partial charge in [0.1, 0.15) is 18.0 Å². The molecule has 11 nitrogen and oxygen atoms in total. The lowest BCUT2D eigenvalue weighted by Gasteiger charge is -2.35. The van der Waals surface area contributed by atoms with Crippen molar-refractivity contribution < 1.29 is 4.79 Å². The van der Waals surface area contributed by atoms with Gasteiger partial charge in [0.15, 0.2) is 0 Å².